The van der Waals surface area contributed by atoms with E-state index in [1.54, 1.807) is 42.5 Å². The van der Waals surface area contributed by atoms with Crippen LogP contribution in [0.3, 0.4) is 0 Å². The summed E-state index contributed by atoms with van der Waals surface area (Å²) in [5.41, 5.74) is 6.24. The molecule has 3 rings (SSSR count). The fraction of sp³-hybridized carbons (Fsp3) is 0.130. The fourth-order valence-corrected chi connectivity index (χ4v) is 3.21. The lowest BCUT2D eigenvalue weighted by molar-refractivity contribution is -0.122. The number of phenolic OH excluding ortho intramolecular Hbond substituents is 1. The Labute approximate surface area is 173 Å². The molecule has 0 spiro atoms. The van der Waals surface area contributed by atoms with Crippen LogP contribution in [0.15, 0.2) is 72.8 Å². The molecular formula is C23H21FN2O4. The van der Waals surface area contributed by atoms with Crippen LogP contribution in [0.5, 0.6) is 11.5 Å². The number of benzene rings is 3. The zero-order valence-corrected chi connectivity index (χ0v) is 16.3. The molecule has 3 aromatic rings. The van der Waals surface area contributed by atoms with Crippen LogP contribution in [0.25, 0.3) is 0 Å². The van der Waals surface area contributed by atoms with Gasteiger partial charge in [0.2, 0.25) is 5.91 Å². The van der Waals surface area contributed by atoms with Gasteiger partial charge < -0.3 is 20.5 Å². The van der Waals surface area contributed by atoms with Crippen molar-refractivity contribution in [2.45, 2.75) is 12.6 Å². The third-order valence-corrected chi connectivity index (χ3v) is 4.69. The summed E-state index contributed by atoms with van der Waals surface area (Å²) in [4.78, 5) is 26.9. The summed E-state index contributed by atoms with van der Waals surface area (Å²) in [6.45, 7) is -0.265. The van der Waals surface area contributed by atoms with Gasteiger partial charge in [0.05, 0.1) is 19.2 Å². The second-order valence-corrected chi connectivity index (χ2v) is 6.62. The van der Waals surface area contributed by atoms with E-state index >= 15 is 0 Å². The van der Waals surface area contributed by atoms with Crippen LogP contribution < -0.4 is 10.5 Å². The quantitative estimate of drug-likeness (QED) is 0.627. The Morgan fingerprint density at radius 2 is 1.73 bits per heavy atom. The molecule has 0 heterocycles. The number of primary amides is 1. The molecule has 1 atom stereocenters. The van der Waals surface area contributed by atoms with Crippen molar-refractivity contribution >= 4 is 11.8 Å². The molecule has 0 saturated carbocycles. The molecule has 7 heteroatoms. The summed E-state index contributed by atoms with van der Waals surface area (Å²) in [6, 6.07) is 17.4. The Balaban J connectivity index is 2.12. The monoisotopic (exact) mass is 408 g/mol. The second kappa shape index (κ2) is 9.09. The third-order valence-electron chi connectivity index (χ3n) is 4.69. The van der Waals surface area contributed by atoms with Gasteiger partial charge in [-0.1, -0.05) is 42.5 Å². The van der Waals surface area contributed by atoms with Crippen molar-refractivity contribution in [2.75, 3.05) is 7.11 Å². The van der Waals surface area contributed by atoms with E-state index in [0.717, 1.165) is 4.90 Å². The highest BCUT2D eigenvalue weighted by Gasteiger charge is 2.32. The van der Waals surface area contributed by atoms with Crippen LogP contribution in [0, 0.1) is 5.82 Å². The van der Waals surface area contributed by atoms with Crippen molar-refractivity contribution in [3.63, 3.8) is 0 Å². The topological polar surface area (TPSA) is 92.9 Å². The lowest BCUT2D eigenvalue weighted by atomic mass is 10.0. The smallest absolute Gasteiger partial charge is 0.258 e. The third kappa shape index (κ3) is 4.41. The van der Waals surface area contributed by atoms with Crippen LogP contribution in [0.1, 0.15) is 27.5 Å². The maximum atomic E-state index is 14.5. The molecule has 0 saturated heterocycles. The highest BCUT2D eigenvalue weighted by molar-refractivity contribution is 5.99. The van der Waals surface area contributed by atoms with E-state index in [9.17, 15) is 19.1 Å². The first-order valence-electron chi connectivity index (χ1n) is 9.18. The number of para-hydroxylation sites is 1. The number of carbonyl (C=O) groups excluding carboxylic acids is 2. The average Bonchev–Trinajstić information content (AvgIpc) is 2.75. The Kier molecular flexibility index (Phi) is 6.32. The molecule has 0 unspecified atom stereocenters. The first-order chi connectivity index (χ1) is 14.4. The number of nitrogens with zero attached hydrogens (tertiary/aromatic N) is 1. The van der Waals surface area contributed by atoms with Crippen LogP contribution >= 0.6 is 0 Å². The largest absolute Gasteiger partial charge is 0.507 e. The summed E-state index contributed by atoms with van der Waals surface area (Å²) in [5, 5.41) is 10.2. The molecule has 0 fully saturated rings. The van der Waals surface area contributed by atoms with E-state index in [2.05, 4.69) is 0 Å². The molecule has 0 radical (unpaired) electrons. The van der Waals surface area contributed by atoms with Crippen molar-refractivity contribution in [2.24, 2.45) is 5.73 Å². The molecule has 30 heavy (non-hydrogen) atoms. The van der Waals surface area contributed by atoms with Crippen LogP contribution in [0.4, 0.5) is 4.39 Å². The number of amides is 2. The molecule has 0 aliphatic carbocycles. The summed E-state index contributed by atoms with van der Waals surface area (Å²) in [6.07, 6.45) is 0. The molecule has 154 valence electrons. The maximum Gasteiger partial charge on any atom is 0.258 e. The van der Waals surface area contributed by atoms with E-state index in [1.807, 2.05) is 0 Å². The standard InChI is InChI=1S/C23H21FN2O4/c1-30-17-11-12-19(24)16(13-17)14-26(23(29)18-9-5-6-10-20(18)27)21(22(25)28)15-7-3-2-4-8-15/h2-13,21,27H,14H2,1H3,(H2,25,28)/t21-/m1/s1. The molecule has 0 aliphatic rings. The lowest BCUT2D eigenvalue weighted by Crippen LogP contribution is -2.41. The number of nitrogens with two attached hydrogens (primary N) is 1. The number of halogens is 1. The van der Waals surface area contributed by atoms with Gasteiger partial charge in [0.25, 0.3) is 5.91 Å². The number of hydrogen-bond donors (Lipinski definition) is 2. The van der Waals surface area contributed by atoms with Gasteiger partial charge in [-0.2, -0.15) is 0 Å². The minimum Gasteiger partial charge on any atom is -0.507 e. The van der Waals surface area contributed by atoms with E-state index in [-0.39, 0.29) is 23.4 Å². The Morgan fingerprint density at radius 3 is 2.37 bits per heavy atom. The van der Waals surface area contributed by atoms with Gasteiger partial charge >= 0.3 is 0 Å². The first kappa shape index (κ1) is 20.9. The zero-order valence-electron chi connectivity index (χ0n) is 16.3. The van der Waals surface area contributed by atoms with Crippen molar-refractivity contribution in [1.82, 2.24) is 4.90 Å². The molecular weight excluding hydrogens is 387 g/mol. The number of phenols is 1. The number of aromatic hydroxyl groups is 1. The van der Waals surface area contributed by atoms with Crippen molar-refractivity contribution in [1.29, 1.82) is 0 Å². The molecule has 3 aromatic carbocycles. The molecule has 3 N–H and O–H groups in total. The van der Waals surface area contributed by atoms with Crippen molar-refractivity contribution in [3.8, 4) is 11.5 Å². The lowest BCUT2D eigenvalue weighted by Gasteiger charge is -2.30. The van der Waals surface area contributed by atoms with Crippen LogP contribution in [-0.4, -0.2) is 28.9 Å². The molecule has 0 bridgehead atoms. The first-order valence-corrected chi connectivity index (χ1v) is 9.18. The summed E-state index contributed by atoms with van der Waals surface area (Å²) in [5.74, 6) is -1.87. The van der Waals surface area contributed by atoms with E-state index in [4.69, 9.17) is 10.5 Å². The summed E-state index contributed by atoms with van der Waals surface area (Å²) >= 11 is 0. The van der Waals surface area contributed by atoms with Crippen LogP contribution in [-0.2, 0) is 11.3 Å². The predicted octanol–water partition coefficient (Wildman–Crippen LogP) is 3.41. The fourth-order valence-electron chi connectivity index (χ4n) is 3.21. The number of ether oxygens (including phenoxy) is 1. The van der Waals surface area contributed by atoms with Gasteiger partial charge in [-0.15, -0.1) is 0 Å². The van der Waals surface area contributed by atoms with Crippen molar-refractivity contribution in [3.05, 3.63) is 95.3 Å². The predicted molar refractivity (Wildman–Crippen MR) is 109 cm³/mol. The minimum atomic E-state index is -1.18. The number of methoxy groups -OCH3 is 1. The van der Waals surface area contributed by atoms with Crippen molar-refractivity contribution < 1.29 is 23.8 Å². The highest BCUT2D eigenvalue weighted by Crippen LogP contribution is 2.29. The van der Waals surface area contributed by atoms with Gasteiger partial charge in [0.15, 0.2) is 0 Å². The average molecular weight is 408 g/mol. The Hall–Kier alpha value is -3.87. The van der Waals surface area contributed by atoms with Crippen LogP contribution in [0.2, 0.25) is 0 Å². The molecule has 2 amide bonds. The Morgan fingerprint density at radius 1 is 1.07 bits per heavy atom. The van der Waals surface area contributed by atoms with Gasteiger partial charge in [-0.25, -0.2) is 4.39 Å². The number of rotatable bonds is 7. The summed E-state index contributed by atoms with van der Waals surface area (Å²) < 4.78 is 19.7. The summed E-state index contributed by atoms with van der Waals surface area (Å²) in [7, 11) is 1.44. The van der Waals surface area contributed by atoms with E-state index in [1.165, 1.54) is 37.4 Å². The zero-order chi connectivity index (χ0) is 21.7. The second-order valence-electron chi connectivity index (χ2n) is 6.62. The highest BCUT2D eigenvalue weighted by atomic mass is 19.1. The molecule has 0 aliphatic heterocycles. The van der Waals surface area contributed by atoms with Gasteiger partial charge in [0, 0.05) is 5.56 Å². The number of hydrogen-bond acceptors (Lipinski definition) is 4. The minimum absolute atomic E-state index is 0.0250. The molecule has 0 aromatic heterocycles. The van der Waals surface area contributed by atoms with E-state index < -0.39 is 23.7 Å². The van der Waals surface area contributed by atoms with E-state index in [0.29, 0.717) is 11.3 Å². The van der Waals surface area contributed by atoms with Gasteiger partial charge in [-0.05, 0) is 35.9 Å². The van der Waals surface area contributed by atoms with Gasteiger partial charge in [-0.3, -0.25) is 9.59 Å². The van der Waals surface area contributed by atoms with Gasteiger partial charge in [0.1, 0.15) is 23.4 Å². The SMILES string of the molecule is COc1ccc(F)c(CN(C(=O)c2ccccc2O)[C@@H](C(N)=O)c2ccccc2)c1. The normalized spacial score (nSPS) is 11.5. The molecule has 6 nitrogen and oxygen atoms in total. The number of carbonyl (C=O) groups is 2. The Bertz CT molecular complexity index is 1060. The maximum absolute atomic E-state index is 14.5.